The lowest BCUT2D eigenvalue weighted by Crippen LogP contribution is -2.22. The highest BCUT2D eigenvalue weighted by molar-refractivity contribution is 7.16. The van der Waals surface area contributed by atoms with Gasteiger partial charge in [-0.3, -0.25) is 4.98 Å². The Kier molecular flexibility index (Phi) is 3.84. The van der Waals surface area contributed by atoms with Crippen LogP contribution < -0.4 is 15.5 Å². The molecule has 0 unspecified atom stereocenters. The van der Waals surface area contributed by atoms with E-state index in [-0.39, 0.29) is 6.03 Å². The highest BCUT2D eigenvalue weighted by Gasteiger charge is 2.15. The number of thiazole rings is 1. The van der Waals surface area contributed by atoms with Crippen molar-refractivity contribution in [3.63, 3.8) is 0 Å². The summed E-state index contributed by atoms with van der Waals surface area (Å²) in [5.74, 6) is 0. The number of amides is 2. The summed E-state index contributed by atoms with van der Waals surface area (Å²) in [5, 5.41) is 5.53. The molecule has 0 atom stereocenters. The number of carbonyl (C=O) groups is 1. The summed E-state index contributed by atoms with van der Waals surface area (Å²) >= 11 is 1.46. The zero-order chi connectivity index (χ0) is 15.5. The lowest BCUT2D eigenvalue weighted by molar-refractivity contribution is 0.262. The first-order valence-electron chi connectivity index (χ1n) is 6.52. The number of hydrogen-bond donors (Lipinski definition) is 2. The minimum Gasteiger partial charge on any atom is -0.374 e. The number of rotatable bonds is 3. The van der Waals surface area contributed by atoms with Crippen LogP contribution in [0.2, 0.25) is 0 Å². The van der Waals surface area contributed by atoms with Crippen LogP contribution in [0.1, 0.15) is 0 Å². The topological polar surface area (TPSA) is 83.0 Å². The van der Waals surface area contributed by atoms with Crippen molar-refractivity contribution < 1.29 is 4.79 Å². The molecule has 0 saturated carbocycles. The summed E-state index contributed by atoms with van der Waals surface area (Å²) in [6.07, 6.45) is 4.86. The Morgan fingerprint density at radius 3 is 2.82 bits per heavy atom. The SMILES string of the molecule is CN(C)c1c(NC(=O)Nc2cccnc2)cnc2scnc12. The van der Waals surface area contributed by atoms with Crippen LogP contribution in [-0.4, -0.2) is 35.1 Å². The van der Waals surface area contributed by atoms with Gasteiger partial charge in [0.25, 0.3) is 0 Å². The maximum Gasteiger partial charge on any atom is 0.323 e. The van der Waals surface area contributed by atoms with E-state index in [0.29, 0.717) is 11.4 Å². The first-order chi connectivity index (χ1) is 10.6. The van der Waals surface area contributed by atoms with Crippen LogP contribution in [0, 0.1) is 0 Å². The molecule has 0 aliphatic rings. The van der Waals surface area contributed by atoms with Gasteiger partial charge in [0.15, 0.2) is 0 Å². The summed E-state index contributed by atoms with van der Waals surface area (Å²) in [6.45, 7) is 0. The molecule has 0 saturated heterocycles. The van der Waals surface area contributed by atoms with Gasteiger partial charge in [-0.1, -0.05) is 0 Å². The lowest BCUT2D eigenvalue weighted by Gasteiger charge is -2.18. The molecule has 7 nitrogen and oxygen atoms in total. The first kappa shape index (κ1) is 14.2. The number of pyridine rings is 2. The van der Waals surface area contributed by atoms with Gasteiger partial charge < -0.3 is 15.5 Å². The van der Waals surface area contributed by atoms with E-state index in [2.05, 4.69) is 25.6 Å². The van der Waals surface area contributed by atoms with Crippen LogP contribution in [0.4, 0.5) is 21.9 Å². The third kappa shape index (κ3) is 2.82. The Hall–Kier alpha value is -2.74. The largest absolute Gasteiger partial charge is 0.374 e. The molecule has 0 spiro atoms. The Morgan fingerprint density at radius 2 is 2.09 bits per heavy atom. The lowest BCUT2D eigenvalue weighted by atomic mass is 10.3. The van der Waals surface area contributed by atoms with Crippen molar-refractivity contribution in [1.29, 1.82) is 0 Å². The van der Waals surface area contributed by atoms with Crippen LogP contribution in [0.25, 0.3) is 10.3 Å². The average Bonchev–Trinajstić information content (AvgIpc) is 2.95. The predicted octanol–water partition coefficient (Wildman–Crippen LogP) is 2.80. The molecule has 3 aromatic rings. The van der Waals surface area contributed by atoms with E-state index in [4.69, 9.17) is 0 Å². The number of carbonyl (C=O) groups excluding carboxylic acids is 1. The normalized spacial score (nSPS) is 10.5. The molecule has 2 N–H and O–H groups in total. The van der Waals surface area contributed by atoms with Crippen LogP contribution in [0.3, 0.4) is 0 Å². The fraction of sp³-hybridized carbons (Fsp3) is 0.143. The Bertz CT molecular complexity index is 801. The molecular formula is C14H14N6OS. The second-order valence-corrected chi connectivity index (χ2v) is 5.58. The van der Waals surface area contributed by atoms with Crippen LogP contribution in [-0.2, 0) is 0 Å². The molecule has 22 heavy (non-hydrogen) atoms. The molecule has 0 aliphatic carbocycles. The fourth-order valence-electron chi connectivity index (χ4n) is 2.07. The van der Waals surface area contributed by atoms with Gasteiger partial charge in [-0.15, -0.1) is 11.3 Å². The molecule has 8 heteroatoms. The van der Waals surface area contributed by atoms with Gasteiger partial charge in [-0.05, 0) is 12.1 Å². The van der Waals surface area contributed by atoms with E-state index in [1.807, 2.05) is 19.0 Å². The Morgan fingerprint density at radius 1 is 1.23 bits per heavy atom. The van der Waals surface area contributed by atoms with Gasteiger partial charge in [0.2, 0.25) is 0 Å². The number of nitrogens with zero attached hydrogens (tertiary/aromatic N) is 4. The second-order valence-electron chi connectivity index (χ2n) is 4.74. The van der Waals surface area contributed by atoms with E-state index in [0.717, 1.165) is 16.0 Å². The summed E-state index contributed by atoms with van der Waals surface area (Å²) in [4.78, 5) is 27.5. The summed E-state index contributed by atoms with van der Waals surface area (Å²) in [7, 11) is 3.80. The maximum absolute atomic E-state index is 12.1. The van der Waals surface area contributed by atoms with Crippen LogP contribution >= 0.6 is 11.3 Å². The molecule has 0 fully saturated rings. The average molecular weight is 314 g/mol. The molecule has 0 aliphatic heterocycles. The molecule has 112 valence electrons. The van der Waals surface area contributed by atoms with Gasteiger partial charge in [-0.2, -0.15) is 0 Å². The monoisotopic (exact) mass is 314 g/mol. The summed E-state index contributed by atoms with van der Waals surface area (Å²) < 4.78 is 0. The minimum atomic E-state index is -0.354. The zero-order valence-corrected chi connectivity index (χ0v) is 12.9. The summed E-state index contributed by atoms with van der Waals surface area (Å²) in [6, 6.07) is 3.16. The van der Waals surface area contributed by atoms with E-state index in [1.165, 1.54) is 11.3 Å². The van der Waals surface area contributed by atoms with Gasteiger partial charge >= 0.3 is 6.03 Å². The quantitative estimate of drug-likeness (QED) is 0.776. The maximum atomic E-state index is 12.1. The molecule has 2 amide bonds. The molecule has 3 aromatic heterocycles. The van der Waals surface area contributed by atoms with Gasteiger partial charge in [0.1, 0.15) is 10.3 Å². The van der Waals surface area contributed by atoms with E-state index in [1.54, 1.807) is 36.2 Å². The van der Waals surface area contributed by atoms with Crippen molar-refractivity contribution in [3.8, 4) is 0 Å². The van der Waals surface area contributed by atoms with Crippen molar-refractivity contribution >= 4 is 44.8 Å². The van der Waals surface area contributed by atoms with Gasteiger partial charge in [0, 0.05) is 20.3 Å². The van der Waals surface area contributed by atoms with Crippen LogP contribution in [0.5, 0.6) is 0 Å². The highest BCUT2D eigenvalue weighted by Crippen LogP contribution is 2.32. The van der Waals surface area contributed by atoms with Gasteiger partial charge in [-0.25, -0.2) is 14.8 Å². The number of urea groups is 1. The summed E-state index contributed by atoms with van der Waals surface area (Å²) in [5.41, 5.74) is 4.56. The van der Waals surface area contributed by atoms with E-state index < -0.39 is 0 Å². The van der Waals surface area contributed by atoms with Crippen molar-refractivity contribution in [3.05, 3.63) is 36.2 Å². The number of nitrogens with one attached hydrogen (secondary N) is 2. The second kappa shape index (κ2) is 5.94. The molecule has 3 heterocycles. The Labute approximate surface area is 131 Å². The molecule has 0 bridgehead atoms. The molecule has 0 aromatic carbocycles. The number of aromatic nitrogens is 3. The first-order valence-corrected chi connectivity index (χ1v) is 7.40. The zero-order valence-electron chi connectivity index (χ0n) is 12.1. The van der Waals surface area contributed by atoms with Crippen molar-refractivity contribution in [2.45, 2.75) is 0 Å². The number of hydrogen-bond acceptors (Lipinski definition) is 6. The number of anilines is 3. The van der Waals surface area contributed by atoms with E-state index >= 15 is 0 Å². The third-order valence-electron chi connectivity index (χ3n) is 2.95. The fourth-order valence-corrected chi connectivity index (χ4v) is 2.70. The van der Waals surface area contributed by atoms with Crippen molar-refractivity contribution in [2.24, 2.45) is 0 Å². The number of fused-ring (bicyclic) bond motifs is 1. The molecule has 3 rings (SSSR count). The highest BCUT2D eigenvalue weighted by atomic mass is 32.1. The standard InChI is InChI=1S/C14H14N6OS/c1-20(2)12-10(7-16-13-11(12)17-8-22-13)19-14(21)18-9-4-3-5-15-6-9/h3-8H,1-2H3,(H2,18,19,21). The van der Waals surface area contributed by atoms with Crippen molar-refractivity contribution in [1.82, 2.24) is 15.0 Å². The molecule has 0 radical (unpaired) electrons. The van der Waals surface area contributed by atoms with E-state index in [9.17, 15) is 4.79 Å². The minimum absolute atomic E-state index is 0.354. The van der Waals surface area contributed by atoms with Gasteiger partial charge in [0.05, 0.1) is 35.0 Å². The van der Waals surface area contributed by atoms with Crippen molar-refractivity contribution in [2.75, 3.05) is 29.6 Å². The third-order valence-corrected chi connectivity index (χ3v) is 3.69. The Balaban J connectivity index is 1.87. The smallest absolute Gasteiger partial charge is 0.323 e. The predicted molar refractivity (Wildman–Crippen MR) is 88.6 cm³/mol. The van der Waals surface area contributed by atoms with Crippen LogP contribution in [0.15, 0.2) is 36.2 Å². The molecular weight excluding hydrogens is 300 g/mol.